The summed E-state index contributed by atoms with van der Waals surface area (Å²) < 4.78 is 5.98. The van der Waals surface area contributed by atoms with Crippen molar-refractivity contribution in [3.63, 3.8) is 0 Å². The fraction of sp³-hybridized carbons (Fsp3) is 0.333. The van der Waals surface area contributed by atoms with E-state index in [1.807, 2.05) is 23.9 Å². The monoisotopic (exact) mass is 208 g/mol. The molecule has 0 aliphatic heterocycles. The molecule has 0 aromatic carbocycles. The fourth-order valence-electron chi connectivity index (χ4n) is 1.27. The maximum absolute atomic E-state index is 5.70. The lowest BCUT2D eigenvalue weighted by Crippen LogP contribution is -2.04. The number of nitrogens with zero attached hydrogens (tertiary/aromatic N) is 3. The fourth-order valence-corrected chi connectivity index (χ4v) is 1.83. The molecule has 2 rings (SSSR count). The molecule has 0 saturated heterocycles. The van der Waals surface area contributed by atoms with Crippen molar-refractivity contribution in [1.82, 2.24) is 14.2 Å². The van der Waals surface area contributed by atoms with Crippen molar-refractivity contribution in [2.75, 3.05) is 5.73 Å². The highest BCUT2D eigenvalue weighted by molar-refractivity contribution is 7.05. The van der Waals surface area contributed by atoms with Gasteiger partial charge in [-0.25, -0.2) is 4.37 Å². The van der Waals surface area contributed by atoms with Crippen LogP contribution in [0.15, 0.2) is 18.5 Å². The van der Waals surface area contributed by atoms with Gasteiger partial charge >= 0.3 is 0 Å². The van der Waals surface area contributed by atoms with Crippen LogP contribution in [0.1, 0.15) is 10.6 Å². The van der Waals surface area contributed by atoms with E-state index in [1.165, 1.54) is 16.4 Å². The van der Waals surface area contributed by atoms with Crippen molar-refractivity contribution in [1.29, 1.82) is 0 Å². The van der Waals surface area contributed by atoms with Crippen LogP contribution < -0.4 is 5.73 Å². The molecule has 2 heterocycles. The van der Waals surface area contributed by atoms with Crippen LogP contribution in [0.2, 0.25) is 0 Å². The zero-order valence-corrected chi connectivity index (χ0v) is 8.79. The number of hydrogen-bond acceptors (Lipinski definition) is 4. The molecule has 5 heteroatoms. The first kappa shape index (κ1) is 9.21. The molecule has 14 heavy (non-hydrogen) atoms. The minimum atomic E-state index is 0.759. The summed E-state index contributed by atoms with van der Waals surface area (Å²) in [6, 6.07) is 2.03. The zero-order valence-electron chi connectivity index (χ0n) is 7.97. The highest BCUT2D eigenvalue weighted by Crippen LogP contribution is 2.11. The lowest BCUT2D eigenvalue weighted by molar-refractivity contribution is 0.602. The molecule has 0 atom stereocenters. The van der Waals surface area contributed by atoms with Gasteiger partial charge < -0.3 is 5.73 Å². The average molecular weight is 208 g/mol. The van der Waals surface area contributed by atoms with E-state index in [4.69, 9.17) is 5.73 Å². The summed E-state index contributed by atoms with van der Waals surface area (Å²) in [6.07, 6.45) is 4.49. The Balaban J connectivity index is 2.02. The molecular formula is C9H12N4S. The van der Waals surface area contributed by atoms with Gasteiger partial charge in [0.1, 0.15) is 0 Å². The summed E-state index contributed by atoms with van der Waals surface area (Å²) in [7, 11) is 0. The summed E-state index contributed by atoms with van der Waals surface area (Å²) in [5.74, 6) is 0. The van der Waals surface area contributed by atoms with Gasteiger partial charge in [0.2, 0.25) is 0 Å². The third kappa shape index (κ3) is 1.77. The van der Waals surface area contributed by atoms with Gasteiger partial charge in [-0.2, -0.15) is 5.10 Å². The Hall–Kier alpha value is -1.36. The number of anilines is 1. The average Bonchev–Trinajstić information content (AvgIpc) is 2.77. The second-order valence-corrected chi connectivity index (χ2v) is 4.05. The van der Waals surface area contributed by atoms with E-state index < -0.39 is 0 Å². The third-order valence-corrected chi connectivity index (χ3v) is 3.00. The molecule has 2 N–H and O–H groups in total. The van der Waals surface area contributed by atoms with E-state index >= 15 is 0 Å². The van der Waals surface area contributed by atoms with Gasteiger partial charge in [0, 0.05) is 24.0 Å². The van der Waals surface area contributed by atoms with Crippen molar-refractivity contribution >= 4 is 17.2 Å². The Kier molecular flexibility index (Phi) is 2.49. The molecule has 0 saturated carbocycles. The summed E-state index contributed by atoms with van der Waals surface area (Å²) in [6.45, 7) is 2.85. The first-order chi connectivity index (χ1) is 6.77. The standard InChI is InChI=1S/C9H12N4S/c1-7-9(10)6-11-13(7)5-3-8-2-4-12-14-8/h2,4,6H,3,5,10H2,1H3. The molecule has 74 valence electrons. The van der Waals surface area contributed by atoms with E-state index in [9.17, 15) is 0 Å². The van der Waals surface area contributed by atoms with Crippen molar-refractivity contribution in [2.45, 2.75) is 19.9 Å². The van der Waals surface area contributed by atoms with Gasteiger partial charge in [0.25, 0.3) is 0 Å². The molecule has 0 unspecified atom stereocenters. The Bertz CT molecular complexity index is 404. The number of aryl methyl sites for hydroxylation is 2. The van der Waals surface area contributed by atoms with Crippen LogP contribution >= 0.6 is 11.5 Å². The van der Waals surface area contributed by atoms with Crippen LogP contribution in [0.3, 0.4) is 0 Å². The predicted octanol–water partition coefficient (Wildman–Crippen LogP) is 1.47. The summed E-state index contributed by atoms with van der Waals surface area (Å²) in [4.78, 5) is 1.28. The lowest BCUT2D eigenvalue weighted by Gasteiger charge is -2.02. The van der Waals surface area contributed by atoms with Crippen LogP contribution in [0, 0.1) is 6.92 Å². The third-order valence-electron chi connectivity index (χ3n) is 2.20. The first-order valence-corrected chi connectivity index (χ1v) is 5.22. The topological polar surface area (TPSA) is 56.7 Å². The first-order valence-electron chi connectivity index (χ1n) is 4.45. The quantitative estimate of drug-likeness (QED) is 0.831. The van der Waals surface area contributed by atoms with Crippen molar-refractivity contribution in [3.8, 4) is 0 Å². The van der Waals surface area contributed by atoms with E-state index in [1.54, 1.807) is 6.20 Å². The van der Waals surface area contributed by atoms with Gasteiger partial charge in [0.15, 0.2) is 0 Å². The molecule has 4 nitrogen and oxygen atoms in total. The Labute approximate surface area is 86.5 Å². The molecular weight excluding hydrogens is 196 g/mol. The predicted molar refractivity (Wildman–Crippen MR) is 57.2 cm³/mol. The van der Waals surface area contributed by atoms with Crippen LogP contribution in [0.4, 0.5) is 5.69 Å². The molecule has 0 aliphatic carbocycles. The Morgan fingerprint density at radius 3 is 3.00 bits per heavy atom. The van der Waals surface area contributed by atoms with Crippen molar-refractivity contribution < 1.29 is 0 Å². The zero-order chi connectivity index (χ0) is 9.97. The van der Waals surface area contributed by atoms with E-state index in [-0.39, 0.29) is 0 Å². The number of aromatic nitrogens is 3. The summed E-state index contributed by atoms with van der Waals surface area (Å²) in [5.41, 5.74) is 7.49. The Morgan fingerprint density at radius 2 is 2.43 bits per heavy atom. The normalized spacial score (nSPS) is 10.6. The second kappa shape index (κ2) is 3.79. The van der Waals surface area contributed by atoms with E-state index in [0.717, 1.165) is 24.3 Å². The minimum absolute atomic E-state index is 0.759. The second-order valence-electron chi connectivity index (χ2n) is 3.14. The van der Waals surface area contributed by atoms with Crippen LogP contribution in [0.5, 0.6) is 0 Å². The van der Waals surface area contributed by atoms with Crippen LogP contribution in [-0.4, -0.2) is 14.2 Å². The molecule has 0 fully saturated rings. The molecule has 2 aromatic heterocycles. The molecule has 0 bridgehead atoms. The van der Waals surface area contributed by atoms with Crippen LogP contribution in [-0.2, 0) is 13.0 Å². The van der Waals surface area contributed by atoms with E-state index in [0.29, 0.717) is 0 Å². The molecule has 0 aliphatic rings. The molecule has 0 radical (unpaired) electrons. The number of nitrogen functional groups attached to an aromatic ring is 1. The SMILES string of the molecule is Cc1c(N)cnn1CCc1ccns1. The largest absolute Gasteiger partial charge is 0.396 e. The molecule has 2 aromatic rings. The van der Waals surface area contributed by atoms with Gasteiger partial charge in [0.05, 0.1) is 17.6 Å². The van der Waals surface area contributed by atoms with Crippen LogP contribution in [0.25, 0.3) is 0 Å². The minimum Gasteiger partial charge on any atom is -0.396 e. The van der Waals surface area contributed by atoms with Crippen molar-refractivity contribution in [2.24, 2.45) is 0 Å². The molecule has 0 amide bonds. The summed E-state index contributed by atoms with van der Waals surface area (Å²) >= 11 is 1.53. The van der Waals surface area contributed by atoms with Gasteiger partial charge in [-0.1, -0.05) is 0 Å². The van der Waals surface area contributed by atoms with Gasteiger partial charge in [-0.3, -0.25) is 4.68 Å². The number of hydrogen-bond donors (Lipinski definition) is 1. The Morgan fingerprint density at radius 1 is 1.57 bits per heavy atom. The number of nitrogens with two attached hydrogens (primary N) is 1. The summed E-state index contributed by atoms with van der Waals surface area (Å²) in [5, 5.41) is 4.19. The molecule has 0 spiro atoms. The highest BCUT2D eigenvalue weighted by Gasteiger charge is 2.03. The maximum atomic E-state index is 5.70. The lowest BCUT2D eigenvalue weighted by atomic mass is 10.3. The van der Waals surface area contributed by atoms with Gasteiger partial charge in [-0.15, -0.1) is 0 Å². The van der Waals surface area contributed by atoms with Gasteiger partial charge in [-0.05, 0) is 24.5 Å². The van der Waals surface area contributed by atoms with E-state index in [2.05, 4.69) is 9.47 Å². The number of rotatable bonds is 3. The maximum Gasteiger partial charge on any atom is 0.0730 e. The van der Waals surface area contributed by atoms with Crippen molar-refractivity contribution in [3.05, 3.63) is 29.0 Å². The smallest absolute Gasteiger partial charge is 0.0730 e. The highest BCUT2D eigenvalue weighted by atomic mass is 32.1.